The third-order valence-corrected chi connectivity index (χ3v) is 8.64. The molecule has 52 heavy (non-hydrogen) atoms. The van der Waals surface area contributed by atoms with E-state index in [1.54, 1.807) is 36.4 Å². The van der Waals surface area contributed by atoms with E-state index in [0.717, 1.165) is 10.3 Å². The fraction of sp³-hybridized carbons (Fsp3) is 0. The summed E-state index contributed by atoms with van der Waals surface area (Å²) in [7, 11) is 0. The van der Waals surface area contributed by atoms with Gasteiger partial charge in [-0.15, -0.1) is 0 Å². The van der Waals surface area contributed by atoms with Gasteiger partial charge >= 0.3 is 0 Å². The Kier molecular flexibility index (Phi) is 3.63. The lowest BCUT2D eigenvalue weighted by Crippen LogP contribution is -2.11. The first kappa shape index (κ1) is 15.1. The molecule has 0 saturated carbocycles. The Hall–Kier alpha value is -6.90. The summed E-state index contributed by atoms with van der Waals surface area (Å²) in [6.07, 6.45) is 0. The quantitative estimate of drug-likeness (QED) is 0.173. The number of rotatable bonds is 6. The van der Waals surface area contributed by atoms with E-state index in [4.69, 9.17) is 23.6 Å². The van der Waals surface area contributed by atoms with E-state index in [-0.39, 0.29) is 11.3 Å². The minimum atomic E-state index is -0.938. The molecule has 0 aliphatic carbocycles. The molecule has 1 heterocycles. The monoisotopic (exact) mass is 685 g/mol. The number of nitrogens with zero attached hydrogens (tertiary/aromatic N) is 1. The first-order valence-electron chi connectivity index (χ1n) is 27.0. The average molecular weight is 686 g/mol. The van der Waals surface area contributed by atoms with Crippen molar-refractivity contribution >= 4 is 60.5 Å². The van der Waals surface area contributed by atoms with Crippen LogP contribution in [0.4, 0.5) is 17.1 Å². The number of para-hydroxylation sites is 3. The fourth-order valence-electron chi connectivity index (χ4n) is 6.29. The lowest BCUT2D eigenvalue weighted by molar-refractivity contribution is 0.670. The van der Waals surface area contributed by atoms with Crippen molar-refractivity contribution in [3.8, 4) is 33.4 Å². The zero-order chi connectivity index (χ0) is 53.6. The largest absolute Gasteiger partial charge is 0.455 e. The third kappa shape index (κ3) is 5.04. The second kappa shape index (κ2) is 12.5. The molecule has 0 aliphatic heterocycles. The average Bonchev–Trinajstić information content (AvgIpc) is 3.78. The highest BCUT2D eigenvalue weighted by atomic mass is 16.3. The SMILES string of the molecule is [2H]c1c([2H])c(N(c2ccccc2-c2cccc3c2oc2ccccc23)c2c([2H])c([2H])c(-c3c([2H])c([2H])c([2H])c4c([2H])c([2H])c([2H])c([2H])c34)c([2H])c2[2H])c([2H])c([2H])c1-c1c([2H])c([2H])c([2H])c2c([2H])c([2H])c([2H])c([2H])c12. The molecule has 0 radical (unpaired) electrons. The Bertz CT molecular complexity index is 3930. The number of anilines is 3. The number of hydrogen-bond donors (Lipinski definition) is 0. The molecular weight excluding hydrogens is 631 g/mol. The maximum Gasteiger partial charge on any atom is 0.143 e. The van der Waals surface area contributed by atoms with Crippen LogP contribution >= 0.6 is 0 Å². The smallest absolute Gasteiger partial charge is 0.143 e. The number of benzene rings is 9. The van der Waals surface area contributed by atoms with Crippen molar-refractivity contribution in [1.29, 1.82) is 0 Å². The minimum absolute atomic E-state index is 0.0666. The van der Waals surface area contributed by atoms with Gasteiger partial charge in [0.2, 0.25) is 0 Å². The van der Waals surface area contributed by atoms with E-state index in [1.807, 2.05) is 18.2 Å². The maximum atomic E-state index is 9.75. The molecule has 2 heteroatoms. The molecule has 2 nitrogen and oxygen atoms in total. The Labute approximate surface area is 333 Å². The van der Waals surface area contributed by atoms with Crippen LogP contribution in [0.3, 0.4) is 0 Å². The van der Waals surface area contributed by atoms with Gasteiger partial charge in [0.25, 0.3) is 0 Å². The summed E-state index contributed by atoms with van der Waals surface area (Å²) in [6, 6.07) is 0.0545. The van der Waals surface area contributed by atoms with Crippen LogP contribution in [0.15, 0.2) is 204 Å². The second-order valence-corrected chi connectivity index (χ2v) is 11.6. The van der Waals surface area contributed by atoms with Crippen LogP contribution in [0, 0.1) is 0 Å². The molecule has 0 aliphatic rings. The Morgan fingerprint density at radius 3 is 1.56 bits per heavy atom. The summed E-state index contributed by atoms with van der Waals surface area (Å²) in [5.74, 6) is 0. The highest BCUT2D eigenvalue weighted by molar-refractivity contribution is 6.11. The first-order chi connectivity index (χ1) is 35.0. The molecule has 0 N–H and O–H groups in total. The van der Waals surface area contributed by atoms with Crippen LogP contribution in [-0.2, 0) is 0 Å². The van der Waals surface area contributed by atoms with Gasteiger partial charge in [0.1, 0.15) is 11.2 Å². The summed E-state index contributed by atoms with van der Waals surface area (Å²) in [5, 5.41) is -0.666. The summed E-state index contributed by atoms with van der Waals surface area (Å²) in [6.45, 7) is 0. The Morgan fingerprint density at radius 1 is 0.385 bits per heavy atom. The summed E-state index contributed by atoms with van der Waals surface area (Å²) in [5.41, 5.74) is -2.61. The molecule has 10 aromatic rings. The van der Waals surface area contributed by atoms with Crippen molar-refractivity contribution < 1.29 is 34.6 Å². The molecule has 1 aromatic heterocycles. The zero-order valence-corrected chi connectivity index (χ0v) is 26.7. The van der Waals surface area contributed by atoms with Gasteiger partial charge in [-0.2, -0.15) is 0 Å². The molecular formula is C50H33NO. The van der Waals surface area contributed by atoms with Crippen molar-refractivity contribution in [2.75, 3.05) is 4.90 Å². The van der Waals surface area contributed by atoms with Crippen LogP contribution in [0.25, 0.3) is 76.9 Å². The van der Waals surface area contributed by atoms with Crippen molar-refractivity contribution in [2.24, 2.45) is 0 Å². The van der Waals surface area contributed by atoms with Gasteiger partial charge < -0.3 is 9.32 Å². The zero-order valence-electron chi connectivity index (χ0n) is 48.7. The van der Waals surface area contributed by atoms with Crippen molar-refractivity contribution in [1.82, 2.24) is 0 Å². The molecule has 0 saturated heterocycles. The summed E-state index contributed by atoms with van der Waals surface area (Å²) in [4.78, 5) is 0.967. The van der Waals surface area contributed by atoms with Gasteiger partial charge in [0.15, 0.2) is 0 Å². The minimum Gasteiger partial charge on any atom is -0.455 e. The molecule has 0 unspecified atom stereocenters. The van der Waals surface area contributed by atoms with Gasteiger partial charge in [-0.05, 0) is 80.1 Å². The Morgan fingerprint density at radius 2 is 0.904 bits per heavy atom. The molecule has 244 valence electrons. The van der Waals surface area contributed by atoms with Crippen LogP contribution in [0.1, 0.15) is 30.2 Å². The van der Waals surface area contributed by atoms with E-state index in [2.05, 4.69) is 0 Å². The molecule has 0 spiro atoms. The van der Waals surface area contributed by atoms with Gasteiger partial charge in [0.05, 0.1) is 35.8 Å². The molecule has 0 amide bonds. The number of hydrogen-bond acceptors (Lipinski definition) is 2. The first-order valence-corrected chi connectivity index (χ1v) is 16.0. The Balaban J connectivity index is 1.35. The predicted octanol–water partition coefficient (Wildman–Crippen LogP) is 14.4. The van der Waals surface area contributed by atoms with Gasteiger partial charge in [0, 0.05) is 33.3 Å². The highest BCUT2D eigenvalue weighted by Crippen LogP contribution is 2.45. The lowest BCUT2D eigenvalue weighted by atomic mass is 9.96. The second-order valence-electron chi connectivity index (χ2n) is 11.6. The van der Waals surface area contributed by atoms with Crippen LogP contribution in [0.2, 0.25) is 0 Å². The predicted molar refractivity (Wildman–Crippen MR) is 220 cm³/mol. The normalized spacial score (nSPS) is 17.4. The van der Waals surface area contributed by atoms with Crippen LogP contribution in [0.5, 0.6) is 0 Å². The van der Waals surface area contributed by atoms with Crippen molar-refractivity contribution in [3.05, 3.63) is 200 Å². The summed E-state index contributed by atoms with van der Waals surface area (Å²) >= 11 is 0. The van der Waals surface area contributed by atoms with E-state index in [1.165, 1.54) is 12.1 Å². The van der Waals surface area contributed by atoms with Crippen LogP contribution < -0.4 is 4.90 Å². The van der Waals surface area contributed by atoms with E-state index in [0.29, 0.717) is 22.1 Å². The fourth-order valence-corrected chi connectivity index (χ4v) is 6.29. The molecule has 0 bridgehead atoms. The molecule has 10 rings (SSSR count). The topological polar surface area (TPSA) is 16.4 Å². The maximum absolute atomic E-state index is 9.75. The standard InChI is InChI=1S/C50H33NO/c1-3-16-40-34(12-1)14-9-20-42(40)36-26-30-38(31-27-36)51(39-32-28-37(29-33-39)43-21-10-15-35-13-2-4-17-41(35)43)48-24-7-5-18-44(48)46-22-11-23-47-45-19-6-8-25-49(45)52-50(46)47/h1-33H/i1D,2D,3D,4D,9D,10D,12D,13D,14D,15D,16D,17D,20D,21D,26D,27D,28D,29D,30D,31D,32D,33D. The van der Waals surface area contributed by atoms with E-state index in [9.17, 15) is 11.0 Å². The van der Waals surface area contributed by atoms with E-state index >= 15 is 0 Å². The molecule has 9 aromatic carbocycles. The number of fused-ring (bicyclic) bond motifs is 5. The highest BCUT2D eigenvalue weighted by Gasteiger charge is 2.20. The molecule has 0 fully saturated rings. The van der Waals surface area contributed by atoms with E-state index < -0.39 is 188 Å². The lowest BCUT2D eigenvalue weighted by Gasteiger charge is -2.28. The van der Waals surface area contributed by atoms with Gasteiger partial charge in [-0.25, -0.2) is 0 Å². The van der Waals surface area contributed by atoms with Gasteiger partial charge in [-0.3, -0.25) is 0 Å². The van der Waals surface area contributed by atoms with Crippen LogP contribution in [-0.4, -0.2) is 0 Å². The van der Waals surface area contributed by atoms with Crippen molar-refractivity contribution in [2.45, 2.75) is 0 Å². The van der Waals surface area contributed by atoms with Crippen molar-refractivity contribution in [3.63, 3.8) is 0 Å². The van der Waals surface area contributed by atoms with Gasteiger partial charge in [-0.1, -0.05) is 163 Å². The third-order valence-electron chi connectivity index (χ3n) is 8.64. The summed E-state index contributed by atoms with van der Waals surface area (Å²) < 4.78 is 205. The number of furan rings is 1. The molecule has 0 atom stereocenters.